The fourth-order valence-corrected chi connectivity index (χ4v) is 3.14. The molecule has 0 bridgehead atoms. The Morgan fingerprint density at radius 3 is 2.80 bits per heavy atom. The molecule has 4 rings (SSSR count). The van der Waals surface area contributed by atoms with Gasteiger partial charge in [0.25, 0.3) is 0 Å². The van der Waals surface area contributed by atoms with Crippen LogP contribution >= 0.6 is 0 Å². The second kappa shape index (κ2) is 6.96. The van der Waals surface area contributed by atoms with Crippen LogP contribution in [0.1, 0.15) is 12.8 Å². The molecule has 0 aliphatic carbocycles. The first-order chi connectivity index (χ1) is 12.3. The molecule has 0 amide bonds. The minimum Gasteiger partial charge on any atom is -0.476 e. The van der Waals surface area contributed by atoms with E-state index >= 15 is 0 Å². The summed E-state index contributed by atoms with van der Waals surface area (Å²) in [6.07, 6.45) is 8.38. The van der Waals surface area contributed by atoms with E-state index < -0.39 is 0 Å². The Morgan fingerprint density at radius 2 is 2.00 bits per heavy atom. The lowest BCUT2D eigenvalue weighted by molar-refractivity contribution is 0.215. The Bertz CT molecular complexity index is 852. The number of hydrogen-bond donors (Lipinski definition) is 0. The van der Waals surface area contributed by atoms with Gasteiger partial charge < -0.3 is 9.64 Å². The molecule has 6 nitrogen and oxygen atoms in total. The standard InChI is InChI=1S/C18H18FN5O/c19-14-1-2-16-15(9-14)18(23-12-22-16)24-7-3-13(4-8-24)11-25-17-10-20-5-6-21-17/h1-2,5-6,9-10,12-13H,3-4,7-8,11H2. The lowest BCUT2D eigenvalue weighted by atomic mass is 9.97. The molecule has 3 heterocycles. The molecule has 3 aromatic rings. The van der Waals surface area contributed by atoms with Crippen LogP contribution < -0.4 is 9.64 Å². The topological polar surface area (TPSA) is 64.0 Å². The van der Waals surface area contributed by atoms with Gasteiger partial charge in [-0.2, -0.15) is 0 Å². The van der Waals surface area contributed by atoms with Crippen molar-refractivity contribution in [1.29, 1.82) is 0 Å². The van der Waals surface area contributed by atoms with Gasteiger partial charge in [0, 0.05) is 30.9 Å². The summed E-state index contributed by atoms with van der Waals surface area (Å²) in [6.45, 7) is 2.35. The van der Waals surface area contributed by atoms with Gasteiger partial charge in [-0.25, -0.2) is 19.3 Å². The number of fused-ring (bicyclic) bond motifs is 1. The zero-order valence-electron chi connectivity index (χ0n) is 13.7. The molecule has 0 unspecified atom stereocenters. The summed E-state index contributed by atoms with van der Waals surface area (Å²) in [5, 5.41) is 0.761. The molecule has 7 heteroatoms. The van der Waals surface area contributed by atoms with Gasteiger partial charge in [0.05, 0.1) is 18.3 Å². The maximum Gasteiger partial charge on any atom is 0.232 e. The number of ether oxygens (including phenoxy) is 1. The summed E-state index contributed by atoms with van der Waals surface area (Å²) in [6, 6.07) is 4.63. The van der Waals surface area contributed by atoms with E-state index in [1.807, 2.05) is 0 Å². The molecule has 25 heavy (non-hydrogen) atoms. The van der Waals surface area contributed by atoms with Crippen molar-refractivity contribution in [1.82, 2.24) is 19.9 Å². The van der Waals surface area contributed by atoms with Gasteiger partial charge in [-0.05, 0) is 37.0 Å². The maximum atomic E-state index is 13.6. The van der Waals surface area contributed by atoms with Gasteiger partial charge in [0.15, 0.2) is 0 Å². The Morgan fingerprint density at radius 1 is 1.12 bits per heavy atom. The lowest BCUT2D eigenvalue weighted by Gasteiger charge is -2.33. The Balaban J connectivity index is 1.41. The molecule has 0 saturated carbocycles. The van der Waals surface area contributed by atoms with E-state index in [1.165, 1.54) is 12.1 Å². The van der Waals surface area contributed by atoms with Gasteiger partial charge in [0.1, 0.15) is 18.0 Å². The van der Waals surface area contributed by atoms with Crippen molar-refractivity contribution in [3.63, 3.8) is 0 Å². The molecule has 1 saturated heterocycles. The largest absolute Gasteiger partial charge is 0.476 e. The second-order valence-corrected chi connectivity index (χ2v) is 6.14. The van der Waals surface area contributed by atoms with Crippen LogP contribution in [0, 0.1) is 11.7 Å². The Labute approximate surface area is 144 Å². The van der Waals surface area contributed by atoms with Crippen molar-refractivity contribution in [2.45, 2.75) is 12.8 Å². The molecular weight excluding hydrogens is 321 g/mol. The monoisotopic (exact) mass is 339 g/mol. The molecule has 0 N–H and O–H groups in total. The fraction of sp³-hybridized carbons (Fsp3) is 0.333. The molecule has 1 fully saturated rings. The van der Waals surface area contributed by atoms with Crippen molar-refractivity contribution in [2.24, 2.45) is 5.92 Å². The van der Waals surface area contributed by atoms with Gasteiger partial charge in [-0.1, -0.05) is 0 Å². The summed E-state index contributed by atoms with van der Waals surface area (Å²) < 4.78 is 19.3. The van der Waals surface area contributed by atoms with Crippen molar-refractivity contribution in [3.05, 3.63) is 48.9 Å². The number of benzene rings is 1. The van der Waals surface area contributed by atoms with E-state index in [1.54, 1.807) is 31.0 Å². The van der Waals surface area contributed by atoms with Crippen LogP contribution in [0.4, 0.5) is 10.2 Å². The highest BCUT2D eigenvalue weighted by atomic mass is 19.1. The molecule has 1 aliphatic rings. The first kappa shape index (κ1) is 15.7. The lowest BCUT2D eigenvalue weighted by Crippen LogP contribution is -2.36. The molecule has 2 aromatic heterocycles. The van der Waals surface area contributed by atoms with Gasteiger partial charge >= 0.3 is 0 Å². The SMILES string of the molecule is Fc1ccc2ncnc(N3CCC(COc4cnccn4)CC3)c2c1. The number of nitrogens with zero attached hydrogens (tertiary/aromatic N) is 5. The van der Waals surface area contributed by atoms with Gasteiger partial charge in [0.2, 0.25) is 5.88 Å². The summed E-state index contributed by atoms with van der Waals surface area (Å²) in [5.41, 5.74) is 0.763. The van der Waals surface area contributed by atoms with Crippen LogP contribution in [-0.2, 0) is 0 Å². The van der Waals surface area contributed by atoms with Crippen LogP contribution in [0.2, 0.25) is 0 Å². The van der Waals surface area contributed by atoms with Gasteiger partial charge in [-0.3, -0.25) is 4.98 Å². The number of hydrogen-bond acceptors (Lipinski definition) is 6. The molecule has 1 aliphatic heterocycles. The molecule has 0 radical (unpaired) electrons. The van der Waals surface area contributed by atoms with E-state index in [4.69, 9.17) is 4.74 Å². The first-order valence-electron chi connectivity index (χ1n) is 8.33. The third-order valence-corrected chi connectivity index (χ3v) is 4.50. The van der Waals surface area contributed by atoms with Crippen molar-refractivity contribution in [2.75, 3.05) is 24.6 Å². The zero-order chi connectivity index (χ0) is 17.1. The van der Waals surface area contributed by atoms with E-state index in [0.717, 1.165) is 42.7 Å². The highest BCUT2D eigenvalue weighted by Crippen LogP contribution is 2.28. The van der Waals surface area contributed by atoms with Crippen LogP contribution in [0.5, 0.6) is 5.88 Å². The van der Waals surface area contributed by atoms with E-state index in [2.05, 4.69) is 24.8 Å². The normalized spacial score (nSPS) is 15.5. The molecule has 0 spiro atoms. The van der Waals surface area contributed by atoms with Crippen molar-refractivity contribution in [3.8, 4) is 5.88 Å². The predicted octanol–water partition coefficient (Wildman–Crippen LogP) is 2.85. The molecular formula is C18H18FN5O. The van der Waals surface area contributed by atoms with Crippen LogP contribution in [0.3, 0.4) is 0 Å². The molecule has 128 valence electrons. The number of halogens is 1. The van der Waals surface area contributed by atoms with E-state index in [9.17, 15) is 4.39 Å². The average molecular weight is 339 g/mol. The fourth-order valence-electron chi connectivity index (χ4n) is 3.14. The smallest absolute Gasteiger partial charge is 0.232 e. The molecule has 1 aromatic carbocycles. The summed E-state index contributed by atoms with van der Waals surface area (Å²) in [5.74, 6) is 1.55. The number of aromatic nitrogens is 4. The third kappa shape index (κ3) is 3.50. The summed E-state index contributed by atoms with van der Waals surface area (Å²) in [4.78, 5) is 18.9. The van der Waals surface area contributed by atoms with Crippen LogP contribution in [-0.4, -0.2) is 39.6 Å². The maximum absolute atomic E-state index is 13.6. The van der Waals surface area contributed by atoms with E-state index in [0.29, 0.717) is 18.4 Å². The number of piperidine rings is 1. The second-order valence-electron chi connectivity index (χ2n) is 6.14. The predicted molar refractivity (Wildman–Crippen MR) is 92.0 cm³/mol. The highest BCUT2D eigenvalue weighted by Gasteiger charge is 2.22. The minimum absolute atomic E-state index is 0.268. The highest BCUT2D eigenvalue weighted by molar-refractivity contribution is 5.89. The van der Waals surface area contributed by atoms with Gasteiger partial charge in [-0.15, -0.1) is 0 Å². The quantitative estimate of drug-likeness (QED) is 0.728. The van der Waals surface area contributed by atoms with Crippen molar-refractivity contribution < 1.29 is 9.13 Å². The number of rotatable bonds is 4. The van der Waals surface area contributed by atoms with Crippen LogP contribution in [0.15, 0.2) is 43.1 Å². The summed E-state index contributed by atoms with van der Waals surface area (Å²) in [7, 11) is 0. The Hall–Kier alpha value is -2.83. The molecule has 0 atom stereocenters. The third-order valence-electron chi connectivity index (χ3n) is 4.50. The zero-order valence-corrected chi connectivity index (χ0v) is 13.7. The van der Waals surface area contributed by atoms with Crippen LogP contribution in [0.25, 0.3) is 10.9 Å². The first-order valence-corrected chi connectivity index (χ1v) is 8.33. The van der Waals surface area contributed by atoms with Crippen molar-refractivity contribution >= 4 is 16.7 Å². The summed E-state index contributed by atoms with van der Waals surface area (Å²) >= 11 is 0. The Kier molecular flexibility index (Phi) is 4.37. The number of anilines is 1. The van der Waals surface area contributed by atoms with E-state index in [-0.39, 0.29) is 5.82 Å². The average Bonchev–Trinajstić information content (AvgIpc) is 2.67. The minimum atomic E-state index is -0.268.